The van der Waals surface area contributed by atoms with Gasteiger partial charge in [0.1, 0.15) is 0 Å². The van der Waals surface area contributed by atoms with Crippen LogP contribution in [-0.2, 0) is 4.84 Å². The quantitative estimate of drug-likeness (QED) is 0.527. The molecule has 88 valence electrons. The highest BCUT2D eigenvalue weighted by Crippen LogP contribution is 2.27. The highest BCUT2D eigenvalue weighted by Gasteiger charge is 2.17. The third-order valence-corrected chi connectivity index (χ3v) is 1.71. The summed E-state index contributed by atoms with van der Waals surface area (Å²) in [7, 11) is 0. The molecule has 3 N–H and O–H groups in total. The van der Waals surface area contributed by atoms with Crippen molar-refractivity contribution >= 4 is 5.91 Å². The maximum atomic E-state index is 11.6. The predicted molar refractivity (Wildman–Crippen MR) is 58.1 cm³/mol. The van der Waals surface area contributed by atoms with E-state index in [1.165, 1.54) is 18.2 Å². The summed E-state index contributed by atoms with van der Waals surface area (Å²) >= 11 is 0. The highest BCUT2D eigenvalue weighted by atomic mass is 16.7. The van der Waals surface area contributed by atoms with Crippen molar-refractivity contribution < 1.29 is 19.8 Å². The number of carbonyl (C=O) groups is 1. The lowest BCUT2D eigenvalue weighted by Gasteiger charge is -2.19. The molecule has 5 nitrogen and oxygen atoms in total. The van der Waals surface area contributed by atoms with Crippen LogP contribution in [0.3, 0.4) is 0 Å². The van der Waals surface area contributed by atoms with Crippen molar-refractivity contribution in [3.8, 4) is 11.5 Å². The minimum atomic E-state index is -0.608. The van der Waals surface area contributed by atoms with Gasteiger partial charge in [-0.3, -0.25) is 9.63 Å². The number of carbonyl (C=O) groups excluding carboxylic acids is 1. The zero-order chi connectivity index (χ0) is 12.3. The van der Waals surface area contributed by atoms with E-state index in [2.05, 4.69) is 5.48 Å². The second-order valence-electron chi connectivity index (χ2n) is 4.32. The van der Waals surface area contributed by atoms with Gasteiger partial charge in [0.05, 0.1) is 11.2 Å². The Labute approximate surface area is 93.6 Å². The summed E-state index contributed by atoms with van der Waals surface area (Å²) in [6, 6.07) is 4.13. The van der Waals surface area contributed by atoms with Gasteiger partial charge in [-0.2, -0.15) is 0 Å². The summed E-state index contributed by atoms with van der Waals surface area (Å²) in [4.78, 5) is 16.6. The number of rotatable bonds is 2. The Hall–Kier alpha value is -1.75. The van der Waals surface area contributed by atoms with Crippen LogP contribution >= 0.6 is 0 Å². The first-order valence-electron chi connectivity index (χ1n) is 4.80. The van der Waals surface area contributed by atoms with Gasteiger partial charge in [-0.05, 0) is 32.9 Å². The number of hydrogen-bond donors (Lipinski definition) is 3. The van der Waals surface area contributed by atoms with Gasteiger partial charge in [0, 0.05) is 0 Å². The smallest absolute Gasteiger partial charge is 0.278 e. The fourth-order valence-corrected chi connectivity index (χ4v) is 0.969. The van der Waals surface area contributed by atoms with Crippen LogP contribution in [0.2, 0.25) is 0 Å². The van der Waals surface area contributed by atoms with Crippen LogP contribution in [0.4, 0.5) is 0 Å². The van der Waals surface area contributed by atoms with Crippen LogP contribution in [0, 0.1) is 0 Å². The second-order valence-corrected chi connectivity index (χ2v) is 4.32. The molecular formula is C11H15NO4. The van der Waals surface area contributed by atoms with E-state index in [4.69, 9.17) is 4.84 Å². The third kappa shape index (κ3) is 3.13. The fraction of sp³-hybridized carbons (Fsp3) is 0.364. The number of amides is 1. The van der Waals surface area contributed by atoms with E-state index in [0.717, 1.165) is 0 Å². The molecule has 1 rings (SSSR count). The number of para-hydroxylation sites is 1. The molecule has 0 bridgehead atoms. The number of aromatic hydroxyl groups is 2. The molecule has 0 heterocycles. The molecule has 16 heavy (non-hydrogen) atoms. The molecule has 0 aliphatic rings. The first-order chi connectivity index (χ1) is 7.31. The van der Waals surface area contributed by atoms with E-state index in [1.807, 2.05) is 0 Å². The molecule has 1 amide bonds. The third-order valence-electron chi connectivity index (χ3n) is 1.71. The molecule has 0 aliphatic carbocycles. The van der Waals surface area contributed by atoms with Crippen molar-refractivity contribution in [1.29, 1.82) is 0 Å². The number of phenolic OH excluding ortho intramolecular Hbond substituents is 2. The van der Waals surface area contributed by atoms with Crippen molar-refractivity contribution in [2.75, 3.05) is 0 Å². The molecule has 5 heteroatoms. The average molecular weight is 225 g/mol. The summed E-state index contributed by atoms with van der Waals surface area (Å²) < 4.78 is 0. The minimum absolute atomic E-state index is 0.0377. The van der Waals surface area contributed by atoms with Gasteiger partial charge in [0.15, 0.2) is 11.5 Å². The van der Waals surface area contributed by atoms with Crippen LogP contribution in [-0.4, -0.2) is 21.7 Å². The van der Waals surface area contributed by atoms with Gasteiger partial charge >= 0.3 is 0 Å². The summed E-state index contributed by atoms with van der Waals surface area (Å²) in [6.45, 7) is 5.32. The second kappa shape index (κ2) is 4.40. The van der Waals surface area contributed by atoms with Crippen molar-refractivity contribution in [2.45, 2.75) is 26.4 Å². The molecular weight excluding hydrogens is 210 g/mol. The lowest BCUT2D eigenvalue weighted by Crippen LogP contribution is -2.33. The van der Waals surface area contributed by atoms with Crippen molar-refractivity contribution in [3.05, 3.63) is 23.8 Å². The Morgan fingerprint density at radius 3 is 2.50 bits per heavy atom. The van der Waals surface area contributed by atoms with E-state index in [-0.39, 0.29) is 11.3 Å². The molecule has 0 saturated heterocycles. The Kier molecular flexibility index (Phi) is 3.39. The van der Waals surface area contributed by atoms with Crippen LogP contribution in [0.1, 0.15) is 31.1 Å². The largest absolute Gasteiger partial charge is 0.504 e. The monoisotopic (exact) mass is 225 g/mol. The lowest BCUT2D eigenvalue weighted by atomic mass is 10.2. The van der Waals surface area contributed by atoms with E-state index in [0.29, 0.717) is 0 Å². The summed E-state index contributed by atoms with van der Waals surface area (Å²) in [6.07, 6.45) is 0. The lowest BCUT2D eigenvalue weighted by molar-refractivity contribution is -0.0590. The number of nitrogens with one attached hydrogen (secondary N) is 1. The topological polar surface area (TPSA) is 78.8 Å². The van der Waals surface area contributed by atoms with Gasteiger partial charge < -0.3 is 10.2 Å². The summed E-state index contributed by atoms with van der Waals surface area (Å²) in [5, 5.41) is 18.6. The van der Waals surface area contributed by atoms with Crippen molar-refractivity contribution in [3.63, 3.8) is 0 Å². The predicted octanol–water partition coefficient (Wildman–Crippen LogP) is 1.56. The van der Waals surface area contributed by atoms with E-state index in [1.54, 1.807) is 20.8 Å². The number of hydroxylamine groups is 1. The van der Waals surface area contributed by atoms with Gasteiger partial charge in [0.2, 0.25) is 0 Å². The number of phenols is 2. The molecule has 0 fully saturated rings. The molecule has 1 aromatic carbocycles. The Bertz CT molecular complexity index is 395. The van der Waals surface area contributed by atoms with E-state index < -0.39 is 17.3 Å². The molecule has 1 aromatic rings. The van der Waals surface area contributed by atoms with E-state index in [9.17, 15) is 15.0 Å². The molecule has 0 radical (unpaired) electrons. The maximum Gasteiger partial charge on any atom is 0.278 e. The summed E-state index contributed by atoms with van der Waals surface area (Å²) in [5.74, 6) is -1.41. The molecule has 0 spiro atoms. The Morgan fingerprint density at radius 2 is 1.94 bits per heavy atom. The van der Waals surface area contributed by atoms with Crippen molar-refractivity contribution in [2.24, 2.45) is 0 Å². The molecule has 0 unspecified atom stereocenters. The van der Waals surface area contributed by atoms with Gasteiger partial charge in [-0.15, -0.1) is 0 Å². The van der Waals surface area contributed by atoms with Crippen LogP contribution in [0.15, 0.2) is 18.2 Å². The van der Waals surface area contributed by atoms with Gasteiger partial charge in [0.25, 0.3) is 5.91 Å². The minimum Gasteiger partial charge on any atom is -0.504 e. The molecule has 0 atom stereocenters. The normalized spacial score (nSPS) is 11.2. The Balaban J connectivity index is 2.78. The van der Waals surface area contributed by atoms with E-state index >= 15 is 0 Å². The summed E-state index contributed by atoms with van der Waals surface area (Å²) in [5.41, 5.74) is 1.63. The Morgan fingerprint density at radius 1 is 1.31 bits per heavy atom. The SMILES string of the molecule is CC(C)(C)ONC(=O)c1cccc(O)c1O. The molecule has 0 aliphatic heterocycles. The first-order valence-corrected chi connectivity index (χ1v) is 4.80. The standard InChI is InChI=1S/C11H15NO4/c1-11(2,3)16-12-10(15)7-5-4-6-8(13)9(7)14/h4-6,13-14H,1-3H3,(H,12,15). The molecule has 0 saturated carbocycles. The first kappa shape index (κ1) is 12.3. The fourth-order valence-electron chi connectivity index (χ4n) is 0.969. The van der Waals surface area contributed by atoms with Gasteiger partial charge in [-0.25, -0.2) is 5.48 Å². The maximum absolute atomic E-state index is 11.6. The number of hydrogen-bond acceptors (Lipinski definition) is 4. The zero-order valence-electron chi connectivity index (χ0n) is 9.44. The molecule has 0 aromatic heterocycles. The zero-order valence-corrected chi connectivity index (χ0v) is 9.44. The van der Waals surface area contributed by atoms with Crippen LogP contribution < -0.4 is 5.48 Å². The van der Waals surface area contributed by atoms with Crippen molar-refractivity contribution in [1.82, 2.24) is 5.48 Å². The average Bonchev–Trinajstić information content (AvgIpc) is 2.17. The van der Waals surface area contributed by atoms with Crippen LogP contribution in [0.5, 0.6) is 11.5 Å². The van der Waals surface area contributed by atoms with Crippen LogP contribution in [0.25, 0.3) is 0 Å². The number of benzene rings is 1. The van der Waals surface area contributed by atoms with Gasteiger partial charge in [-0.1, -0.05) is 6.07 Å². The highest BCUT2D eigenvalue weighted by molar-refractivity contribution is 5.96.